The second kappa shape index (κ2) is 5.77. The van der Waals surface area contributed by atoms with Gasteiger partial charge in [0.2, 0.25) is 0 Å². The third-order valence-corrected chi connectivity index (χ3v) is 3.58. The van der Waals surface area contributed by atoms with Crippen molar-refractivity contribution in [3.05, 3.63) is 36.0 Å². The molecule has 0 saturated heterocycles. The normalized spacial score (nSPS) is 13.9. The summed E-state index contributed by atoms with van der Waals surface area (Å²) in [4.78, 5) is 26.4. The zero-order valence-electron chi connectivity index (χ0n) is 11.5. The van der Waals surface area contributed by atoms with Gasteiger partial charge < -0.3 is 15.4 Å². The first-order valence-corrected chi connectivity index (χ1v) is 6.63. The fourth-order valence-corrected chi connectivity index (χ4v) is 2.10. The summed E-state index contributed by atoms with van der Waals surface area (Å²) in [6, 6.07) is 6.30. The van der Waals surface area contributed by atoms with Gasteiger partial charge in [-0.25, -0.2) is 4.79 Å². The Labute approximate surface area is 117 Å². The second-order valence-electron chi connectivity index (χ2n) is 4.95. The summed E-state index contributed by atoms with van der Waals surface area (Å²) in [5.74, 6) is -1.49. The van der Waals surface area contributed by atoms with Crippen LogP contribution in [-0.2, 0) is 4.79 Å². The molecule has 0 spiro atoms. The van der Waals surface area contributed by atoms with Gasteiger partial charge in [0.1, 0.15) is 6.04 Å². The minimum atomic E-state index is -1.01. The number of fused-ring (bicyclic) bond motifs is 1. The van der Waals surface area contributed by atoms with Crippen molar-refractivity contribution in [3.63, 3.8) is 0 Å². The van der Waals surface area contributed by atoms with Crippen LogP contribution in [0.1, 0.15) is 30.6 Å². The van der Waals surface area contributed by atoms with Gasteiger partial charge in [0.05, 0.1) is 0 Å². The highest BCUT2D eigenvalue weighted by atomic mass is 16.4. The summed E-state index contributed by atoms with van der Waals surface area (Å²) >= 11 is 0. The standard InChI is InChI=1S/C15H18N2O3/c1-3-9(2)13(15(19)20)17-14(18)11-5-4-10-6-7-16-12(10)8-11/h4-9,13,16H,3H2,1-2H3,(H,17,18)(H,19,20)/t9?,13-/m0/s1. The number of aromatic amines is 1. The van der Waals surface area contributed by atoms with Gasteiger partial charge in [-0.2, -0.15) is 0 Å². The molecule has 0 radical (unpaired) electrons. The number of amides is 1. The molecular formula is C15H18N2O3. The Morgan fingerprint density at radius 3 is 2.75 bits per heavy atom. The maximum atomic E-state index is 12.2. The number of hydrogen-bond acceptors (Lipinski definition) is 2. The lowest BCUT2D eigenvalue weighted by Gasteiger charge is -2.20. The molecule has 2 aromatic rings. The number of aromatic nitrogens is 1. The zero-order chi connectivity index (χ0) is 14.7. The number of carbonyl (C=O) groups is 2. The van der Waals surface area contributed by atoms with E-state index in [9.17, 15) is 14.7 Å². The summed E-state index contributed by atoms with van der Waals surface area (Å²) in [5, 5.41) is 12.8. The molecule has 20 heavy (non-hydrogen) atoms. The molecule has 2 atom stereocenters. The van der Waals surface area contributed by atoms with Gasteiger partial charge >= 0.3 is 5.97 Å². The molecule has 0 aliphatic rings. The first-order valence-electron chi connectivity index (χ1n) is 6.63. The molecule has 1 amide bonds. The van der Waals surface area contributed by atoms with Crippen molar-refractivity contribution < 1.29 is 14.7 Å². The van der Waals surface area contributed by atoms with E-state index in [1.807, 2.05) is 26.0 Å². The van der Waals surface area contributed by atoms with Crippen molar-refractivity contribution in [2.24, 2.45) is 5.92 Å². The van der Waals surface area contributed by atoms with Gasteiger partial charge in [-0.3, -0.25) is 4.79 Å². The number of H-pyrrole nitrogens is 1. The van der Waals surface area contributed by atoms with Gasteiger partial charge in [0.15, 0.2) is 0 Å². The SMILES string of the molecule is CCC(C)[C@H](NC(=O)c1ccc2cc[nH]c2c1)C(=O)O. The molecule has 3 N–H and O–H groups in total. The average Bonchev–Trinajstić information content (AvgIpc) is 2.90. The average molecular weight is 274 g/mol. The summed E-state index contributed by atoms with van der Waals surface area (Å²) in [7, 11) is 0. The highest BCUT2D eigenvalue weighted by Crippen LogP contribution is 2.15. The third-order valence-electron chi connectivity index (χ3n) is 3.58. The van der Waals surface area contributed by atoms with Crippen molar-refractivity contribution in [2.75, 3.05) is 0 Å². The summed E-state index contributed by atoms with van der Waals surface area (Å²) in [6.45, 7) is 3.71. The topological polar surface area (TPSA) is 82.2 Å². The van der Waals surface area contributed by atoms with Crippen molar-refractivity contribution in [3.8, 4) is 0 Å². The lowest BCUT2D eigenvalue weighted by atomic mass is 9.99. The van der Waals surface area contributed by atoms with Crippen LogP contribution in [0.5, 0.6) is 0 Å². The van der Waals surface area contributed by atoms with Gasteiger partial charge in [-0.1, -0.05) is 26.3 Å². The van der Waals surface area contributed by atoms with Crippen molar-refractivity contribution in [1.29, 1.82) is 0 Å². The predicted molar refractivity (Wildman–Crippen MR) is 76.6 cm³/mol. The van der Waals surface area contributed by atoms with Crippen LogP contribution in [-0.4, -0.2) is 28.0 Å². The molecule has 1 unspecified atom stereocenters. The van der Waals surface area contributed by atoms with E-state index in [2.05, 4.69) is 10.3 Å². The zero-order valence-corrected chi connectivity index (χ0v) is 11.5. The fraction of sp³-hybridized carbons (Fsp3) is 0.333. The van der Waals surface area contributed by atoms with Gasteiger partial charge in [-0.05, 0) is 29.5 Å². The number of rotatable bonds is 5. The van der Waals surface area contributed by atoms with E-state index >= 15 is 0 Å². The molecule has 0 bridgehead atoms. The van der Waals surface area contributed by atoms with E-state index < -0.39 is 12.0 Å². The van der Waals surface area contributed by atoms with E-state index in [-0.39, 0.29) is 11.8 Å². The minimum absolute atomic E-state index is 0.120. The lowest BCUT2D eigenvalue weighted by molar-refractivity contribution is -0.140. The number of carboxylic acid groups (broad SMARTS) is 1. The molecule has 1 aromatic carbocycles. The number of nitrogens with one attached hydrogen (secondary N) is 2. The Kier molecular flexibility index (Phi) is 4.08. The monoisotopic (exact) mass is 274 g/mol. The number of hydrogen-bond donors (Lipinski definition) is 3. The molecule has 1 heterocycles. The fourth-order valence-electron chi connectivity index (χ4n) is 2.10. The molecule has 0 aliphatic heterocycles. The smallest absolute Gasteiger partial charge is 0.326 e. The molecular weight excluding hydrogens is 256 g/mol. The highest BCUT2D eigenvalue weighted by Gasteiger charge is 2.25. The Balaban J connectivity index is 2.19. The Morgan fingerprint density at radius 1 is 1.35 bits per heavy atom. The first kappa shape index (κ1) is 14.1. The van der Waals surface area contributed by atoms with Crippen LogP contribution >= 0.6 is 0 Å². The molecule has 5 nitrogen and oxygen atoms in total. The number of aliphatic carboxylic acids is 1. The van der Waals surface area contributed by atoms with Crippen molar-refractivity contribution in [2.45, 2.75) is 26.3 Å². The molecule has 106 valence electrons. The Bertz CT molecular complexity index is 633. The molecule has 1 aromatic heterocycles. The maximum Gasteiger partial charge on any atom is 0.326 e. The van der Waals surface area contributed by atoms with Crippen molar-refractivity contribution >= 4 is 22.8 Å². The van der Waals surface area contributed by atoms with Crippen LogP contribution in [0.2, 0.25) is 0 Å². The molecule has 2 rings (SSSR count). The van der Waals surface area contributed by atoms with Gasteiger partial charge in [0.25, 0.3) is 5.91 Å². The van der Waals surface area contributed by atoms with Crippen LogP contribution in [0.25, 0.3) is 10.9 Å². The van der Waals surface area contributed by atoms with Gasteiger partial charge in [0, 0.05) is 17.3 Å². The number of benzene rings is 1. The summed E-state index contributed by atoms with van der Waals surface area (Å²) in [6.07, 6.45) is 2.48. The van der Waals surface area contributed by atoms with Crippen LogP contribution in [0.15, 0.2) is 30.5 Å². The highest BCUT2D eigenvalue weighted by molar-refractivity contribution is 5.99. The molecule has 0 fully saturated rings. The quantitative estimate of drug-likeness (QED) is 0.783. The van der Waals surface area contributed by atoms with Gasteiger partial charge in [-0.15, -0.1) is 0 Å². The second-order valence-corrected chi connectivity index (χ2v) is 4.95. The summed E-state index contributed by atoms with van der Waals surface area (Å²) in [5.41, 5.74) is 1.31. The van der Waals surface area contributed by atoms with E-state index in [1.54, 1.807) is 18.3 Å². The van der Waals surface area contributed by atoms with E-state index in [4.69, 9.17) is 0 Å². The molecule has 0 aliphatic carbocycles. The van der Waals surface area contributed by atoms with E-state index in [0.29, 0.717) is 12.0 Å². The van der Waals surface area contributed by atoms with E-state index in [0.717, 1.165) is 10.9 Å². The van der Waals surface area contributed by atoms with Crippen LogP contribution in [0.4, 0.5) is 0 Å². The number of carbonyl (C=O) groups excluding carboxylic acids is 1. The largest absolute Gasteiger partial charge is 0.480 e. The lowest BCUT2D eigenvalue weighted by Crippen LogP contribution is -2.45. The number of carboxylic acids is 1. The van der Waals surface area contributed by atoms with Crippen LogP contribution in [0.3, 0.4) is 0 Å². The van der Waals surface area contributed by atoms with Crippen LogP contribution in [0, 0.1) is 5.92 Å². The molecule has 0 saturated carbocycles. The summed E-state index contributed by atoms with van der Waals surface area (Å²) < 4.78 is 0. The third kappa shape index (κ3) is 2.82. The Morgan fingerprint density at radius 2 is 2.10 bits per heavy atom. The minimum Gasteiger partial charge on any atom is -0.480 e. The first-order chi connectivity index (χ1) is 9.52. The Hall–Kier alpha value is -2.30. The van der Waals surface area contributed by atoms with Crippen LogP contribution < -0.4 is 5.32 Å². The van der Waals surface area contributed by atoms with Crippen molar-refractivity contribution in [1.82, 2.24) is 10.3 Å². The maximum absolute atomic E-state index is 12.2. The van der Waals surface area contributed by atoms with E-state index in [1.165, 1.54) is 0 Å². The molecule has 5 heteroatoms. The predicted octanol–water partition coefficient (Wildman–Crippen LogP) is 2.40.